The van der Waals surface area contributed by atoms with Gasteiger partial charge in [0.25, 0.3) is 5.56 Å². The molecule has 0 fully saturated rings. The van der Waals surface area contributed by atoms with E-state index in [0.717, 1.165) is 19.3 Å². The SMILES string of the molecule is C#Cc1c(C)c(N=Nc2ccccc2C(=O)OC)c(=O)n(CCCCCCCCCCCC)c1O. The molecule has 1 heterocycles. The fourth-order valence-electron chi connectivity index (χ4n) is 4.01. The average Bonchev–Trinajstić information content (AvgIpc) is 2.86. The second-order valence-corrected chi connectivity index (χ2v) is 8.66. The lowest BCUT2D eigenvalue weighted by atomic mass is 10.1. The highest BCUT2D eigenvalue weighted by Gasteiger charge is 2.18. The van der Waals surface area contributed by atoms with Crippen LogP contribution in [0.1, 0.15) is 92.6 Å². The lowest BCUT2D eigenvalue weighted by molar-refractivity contribution is 0.0601. The number of azo groups is 1. The maximum Gasteiger partial charge on any atom is 0.340 e. The molecule has 0 unspecified atom stereocenters. The van der Waals surface area contributed by atoms with Crippen molar-refractivity contribution in [1.82, 2.24) is 4.57 Å². The molecule has 0 spiro atoms. The smallest absolute Gasteiger partial charge is 0.340 e. The van der Waals surface area contributed by atoms with Crippen molar-refractivity contribution in [1.29, 1.82) is 0 Å². The molecular weight excluding hydrogens is 442 g/mol. The minimum absolute atomic E-state index is 0.0440. The Balaban J connectivity index is 2.12. The third-order valence-corrected chi connectivity index (χ3v) is 6.10. The summed E-state index contributed by atoms with van der Waals surface area (Å²) < 4.78 is 6.05. The Kier molecular flexibility index (Phi) is 11.8. The second-order valence-electron chi connectivity index (χ2n) is 8.66. The van der Waals surface area contributed by atoms with E-state index in [1.54, 1.807) is 31.2 Å². The number of nitrogens with zero attached hydrogens (tertiary/aromatic N) is 3. The van der Waals surface area contributed by atoms with Gasteiger partial charge in [0.15, 0.2) is 5.69 Å². The minimum Gasteiger partial charge on any atom is -0.493 e. The molecule has 188 valence electrons. The summed E-state index contributed by atoms with van der Waals surface area (Å²) in [5.74, 6) is 1.69. The first-order chi connectivity index (χ1) is 17.0. The van der Waals surface area contributed by atoms with Crippen LogP contribution in [0.25, 0.3) is 0 Å². The molecular formula is C28H37N3O4. The first-order valence-corrected chi connectivity index (χ1v) is 12.5. The third kappa shape index (κ3) is 7.81. The number of esters is 1. The zero-order valence-electron chi connectivity index (χ0n) is 21.2. The van der Waals surface area contributed by atoms with Crippen LogP contribution < -0.4 is 5.56 Å². The summed E-state index contributed by atoms with van der Waals surface area (Å²) in [7, 11) is 1.28. The van der Waals surface area contributed by atoms with Gasteiger partial charge in [-0.05, 0) is 25.5 Å². The van der Waals surface area contributed by atoms with Crippen LogP contribution in [0.5, 0.6) is 5.88 Å². The number of benzene rings is 1. The Labute approximate surface area is 208 Å². The largest absolute Gasteiger partial charge is 0.493 e. The van der Waals surface area contributed by atoms with Gasteiger partial charge in [-0.2, -0.15) is 0 Å². The predicted molar refractivity (Wildman–Crippen MR) is 139 cm³/mol. The normalized spacial score (nSPS) is 11.0. The maximum atomic E-state index is 13.2. The van der Waals surface area contributed by atoms with Gasteiger partial charge in [0.05, 0.1) is 18.2 Å². The second kappa shape index (κ2) is 14.8. The topological polar surface area (TPSA) is 93.3 Å². The molecule has 0 radical (unpaired) electrons. The number of pyridine rings is 1. The summed E-state index contributed by atoms with van der Waals surface area (Å²) in [5, 5.41) is 18.9. The van der Waals surface area contributed by atoms with Gasteiger partial charge in [-0.3, -0.25) is 9.36 Å². The molecule has 0 bridgehead atoms. The number of terminal acetylenes is 1. The average molecular weight is 480 g/mol. The molecule has 35 heavy (non-hydrogen) atoms. The van der Waals surface area contributed by atoms with Crippen molar-refractivity contribution in [3.05, 3.63) is 51.3 Å². The molecule has 0 amide bonds. The Bertz CT molecular complexity index is 1110. The summed E-state index contributed by atoms with van der Waals surface area (Å²) in [6.07, 6.45) is 17.3. The number of ether oxygens (including phenoxy) is 1. The van der Waals surface area contributed by atoms with Crippen LogP contribution in [0.4, 0.5) is 11.4 Å². The van der Waals surface area contributed by atoms with Crippen molar-refractivity contribution in [3.8, 4) is 18.2 Å². The van der Waals surface area contributed by atoms with Gasteiger partial charge in [-0.1, -0.05) is 82.8 Å². The van der Waals surface area contributed by atoms with E-state index < -0.39 is 11.5 Å². The van der Waals surface area contributed by atoms with E-state index in [0.29, 0.717) is 12.1 Å². The number of aromatic hydroxyl groups is 1. The number of unbranched alkanes of at least 4 members (excludes halogenated alkanes) is 9. The van der Waals surface area contributed by atoms with Crippen LogP contribution in [0.3, 0.4) is 0 Å². The molecule has 7 heteroatoms. The molecule has 1 aromatic heterocycles. The van der Waals surface area contributed by atoms with Crippen molar-refractivity contribution in [2.24, 2.45) is 10.2 Å². The molecule has 1 N–H and O–H groups in total. The maximum absolute atomic E-state index is 13.2. The van der Waals surface area contributed by atoms with Gasteiger partial charge in [-0.25, -0.2) is 4.79 Å². The Morgan fingerprint density at radius 3 is 2.23 bits per heavy atom. The minimum atomic E-state index is -0.551. The van der Waals surface area contributed by atoms with Crippen LogP contribution in [0, 0.1) is 19.3 Å². The van der Waals surface area contributed by atoms with Crippen LogP contribution in [0.2, 0.25) is 0 Å². The molecule has 0 saturated heterocycles. The Hall–Kier alpha value is -3.40. The number of rotatable bonds is 14. The van der Waals surface area contributed by atoms with Gasteiger partial charge in [-0.15, -0.1) is 16.7 Å². The quantitative estimate of drug-likeness (QED) is 0.137. The number of aromatic nitrogens is 1. The Morgan fingerprint density at radius 2 is 1.63 bits per heavy atom. The fourth-order valence-corrected chi connectivity index (χ4v) is 4.01. The van der Waals surface area contributed by atoms with E-state index in [1.165, 1.54) is 56.6 Å². The van der Waals surface area contributed by atoms with E-state index in [2.05, 4.69) is 23.1 Å². The van der Waals surface area contributed by atoms with Crippen molar-refractivity contribution in [2.75, 3.05) is 7.11 Å². The van der Waals surface area contributed by atoms with Gasteiger partial charge in [0.2, 0.25) is 5.88 Å². The molecule has 0 aliphatic carbocycles. The highest BCUT2D eigenvalue weighted by atomic mass is 16.5. The Morgan fingerprint density at radius 1 is 1.03 bits per heavy atom. The lowest BCUT2D eigenvalue weighted by Crippen LogP contribution is -2.22. The van der Waals surface area contributed by atoms with Crippen molar-refractivity contribution in [3.63, 3.8) is 0 Å². The highest BCUT2D eigenvalue weighted by molar-refractivity contribution is 5.94. The molecule has 1 aromatic carbocycles. The van der Waals surface area contributed by atoms with E-state index in [-0.39, 0.29) is 28.4 Å². The molecule has 0 saturated carbocycles. The number of carbonyl (C=O) groups excluding carboxylic acids is 1. The standard InChI is InChI=1S/C28H37N3O4/c1-5-7-8-9-10-11-12-13-14-17-20-31-26(32)22(6-2)21(3)25(27(31)33)30-29-24-19-16-15-18-23(24)28(34)35-4/h2,15-16,18-19,32H,5,7-14,17,20H2,1,3-4H3. The molecule has 0 aliphatic rings. The van der Waals surface area contributed by atoms with Gasteiger partial charge in [0, 0.05) is 12.1 Å². The monoisotopic (exact) mass is 479 g/mol. The first-order valence-electron chi connectivity index (χ1n) is 12.5. The third-order valence-electron chi connectivity index (χ3n) is 6.10. The van der Waals surface area contributed by atoms with Crippen molar-refractivity contribution < 1.29 is 14.6 Å². The fraction of sp³-hybridized carbons (Fsp3) is 0.500. The zero-order chi connectivity index (χ0) is 25.6. The molecule has 0 atom stereocenters. The van der Waals surface area contributed by atoms with E-state index in [4.69, 9.17) is 11.2 Å². The van der Waals surface area contributed by atoms with Gasteiger partial charge < -0.3 is 9.84 Å². The summed E-state index contributed by atoms with van der Waals surface area (Å²) in [4.78, 5) is 25.2. The summed E-state index contributed by atoms with van der Waals surface area (Å²) in [5.41, 5.74) is 0.671. The molecule has 7 nitrogen and oxygen atoms in total. The zero-order valence-corrected chi connectivity index (χ0v) is 21.2. The van der Waals surface area contributed by atoms with Crippen molar-refractivity contribution in [2.45, 2.75) is 84.6 Å². The number of hydrogen-bond donors (Lipinski definition) is 1. The molecule has 2 rings (SSSR count). The van der Waals surface area contributed by atoms with E-state index in [9.17, 15) is 14.7 Å². The first kappa shape index (κ1) is 27.8. The van der Waals surface area contributed by atoms with Crippen LogP contribution in [0.15, 0.2) is 39.3 Å². The van der Waals surface area contributed by atoms with Gasteiger partial charge in [0.1, 0.15) is 5.69 Å². The highest BCUT2D eigenvalue weighted by Crippen LogP contribution is 2.28. The van der Waals surface area contributed by atoms with Crippen LogP contribution in [-0.2, 0) is 11.3 Å². The van der Waals surface area contributed by atoms with E-state index in [1.807, 2.05) is 0 Å². The number of methoxy groups -OCH3 is 1. The lowest BCUT2D eigenvalue weighted by Gasteiger charge is -2.13. The van der Waals surface area contributed by atoms with Gasteiger partial charge >= 0.3 is 5.97 Å². The summed E-state index contributed by atoms with van der Waals surface area (Å²) >= 11 is 0. The summed E-state index contributed by atoms with van der Waals surface area (Å²) in [6.45, 7) is 4.19. The summed E-state index contributed by atoms with van der Waals surface area (Å²) in [6, 6.07) is 6.57. The predicted octanol–water partition coefficient (Wildman–Crippen LogP) is 6.97. The van der Waals surface area contributed by atoms with E-state index >= 15 is 0 Å². The number of carbonyl (C=O) groups is 1. The molecule has 0 aliphatic heterocycles. The van der Waals surface area contributed by atoms with Crippen molar-refractivity contribution >= 4 is 17.3 Å². The van der Waals surface area contributed by atoms with Crippen LogP contribution >= 0.6 is 0 Å². The number of hydrogen-bond acceptors (Lipinski definition) is 6. The van der Waals surface area contributed by atoms with Crippen LogP contribution in [-0.4, -0.2) is 22.8 Å². The molecule has 2 aromatic rings.